The van der Waals surface area contributed by atoms with E-state index in [1.807, 2.05) is 24.3 Å². The third-order valence-corrected chi connectivity index (χ3v) is 4.75. The van der Waals surface area contributed by atoms with E-state index in [-0.39, 0.29) is 18.3 Å². The van der Waals surface area contributed by atoms with Gasteiger partial charge in [-0.15, -0.1) is 11.3 Å². The van der Waals surface area contributed by atoms with E-state index in [2.05, 4.69) is 0 Å². The summed E-state index contributed by atoms with van der Waals surface area (Å²) in [6.07, 6.45) is 0. The summed E-state index contributed by atoms with van der Waals surface area (Å²) in [4.78, 5) is 26.1. The zero-order chi connectivity index (χ0) is 17.8. The number of esters is 1. The van der Waals surface area contributed by atoms with Crippen LogP contribution in [0.3, 0.4) is 0 Å². The lowest BCUT2D eigenvalue weighted by atomic mass is 10.2. The van der Waals surface area contributed by atoms with Crippen molar-refractivity contribution in [3.05, 3.63) is 65.3 Å². The van der Waals surface area contributed by atoms with Crippen molar-refractivity contribution in [2.24, 2.45) is 0 Å². The van der Waals surface area contributed by atoms with Gasteiger partial charge in [-0.25, -0.2) is 9.18 Å². The average molecular weight is 357 g/mol. The molecular formula is C19H16FNO3S. The first-order valence-corrected chi connectivity index (χ1v) is 8.67. The number of carbonyl (C=O) groups is 2. The van der Waals surface area contributed by atoms with Crippen LogP contribution in [0.2, 0.25) is 0 Å². The summed E-state index contributed by atoms with van der Waals surface area (Å²) in [5, 5.41) is 2.55. The molecule has 0 atom stereocenters. The van der Waals surface area contributed by atoms with E-state index >= 15 is 0 Å². The molecule has 2 aromatic carbocycles. The zero-order valence-corrected chi connectivity index (χ0v) is 14.4. The van der Waals surface area contributed by atoms with Crippen LogP contribution in [0.25, 0.3) is 10.1 Å². The lowest BCUT2D eigenvalue weighted by molar-refractivity contribution is -0.121. The molecule has 0 aliphatic heterocycles. The third-order valence-electron chi connectivity index (χ3n) is 3.78. The minimum Gasteiger partial charge on any atom is -0.452 e. The number of amides is 1. The van der Waals surface area contributed by atoms with Crippen LogP contribution in [-0.4, -0.2) is 25.0 Å². The van der Waals surface area contributed by atoms with Crippen molar-refractivity contribution < 1.29 is 18.7 Å². The molecule has 0 saturated carbocycles. The van der Waals surface area contributed by atoms with Gasteiger partial charge >= 0.3 is 5.97 Å². The Kier molecular flexibility index (Phi) is 5.09. The minimum atomic E-state index is -0.527. The Morgan fingerprint density at radius 3 is 2.56 bits per heavy atom. The number of likely N-dealkylation sites (N-methyl/N-ethyl adjacent to an activating group) is 1. The van der Waals surface area contributed by atoms with E-state index in [4.69, 9.17) is 4.74 Å². The predicted octanol–water partition coefficient (Wildman–Crippen LogP) is 4.25. The number of hydrogen-bond donors (Lipinski definition) is 0. The largest absolute Gasteiger partial charge is 0.452 e. The molecule has 0 N–H and O–H groups in total. The summed E-state index contributed by atoms with van der Waals surface area (Å²) in [5.74, 6) is -1.26. The van der Waals surface area contributed by atoms with E-state index in [1.54, 1.807) is 12.3 Å². The highest BCUT2D eigenvalue weighted by Crippen LogP contribution is 2.26. The Morgan fingerprint density at radius 1 is 1.12 bits per heavy atom. The van der Waals surface area contributed by atoms with Gasteiger partial charge in [0.1, 0.15) is 5.82 Å². The molecule has 0 radical (unpaired) electrons. The third kappa shape index (κ3) is 3.69. The maximum atomic E-state index is 13.0. The fraction of sp³-hybridized carbons (Fsp3) is 0.158. The quantitative estimate of drug-likeness (QED) is 0.641. The fourth-order valence-electron chi connectivity index (χ4n) is 2.54. The number of fused-ring (bicyclic) bond motifs is 1. The predicted molar refractivity (Wildman–Crippen MR) is 96.5 cm³/mol. The Labute approximate surface area is 148 Å². The number of anilines is 1. The van der Waals surface area contributed by atoms with E-state index in [1.165, 1.54) is 40.5 Å². The van der Waals surface area contributed by atoms with Crippen molar-refractivity contribution in [2.75, 3.05) is 18.1 Å². The second-order valence-corrected chi connectivity index (χ2v) is 6.25. The van der Waals surface area contributed by atoms with E-state index in [9.17, 15) is 14.0 Å². The molecule has 128 valence electrons. The van der Waals surface area contributed by atoms with Crippen molar-refractivity contribution in [1.82, 2.24) is 0 Å². The van der Waals surface area contributed by atoms with Crippen molar-refractivity contribution >= 4 is 39.0 Å². The summed E-state index contributed by atoms with van der Waals surface area (Å²) < 4.78 is 19.2. The zero-order valence-electron chi connectivity index (χ0n) is 13.6. The molecule has 0 bridgehead atoms. The van der Waals surface area contributed by atoms with Gasteiger partial charge in [0.05, 0.1) is 5.56 Å². The van der Waals surface area contributed by atoms with Crippen molar-refractivity contribution in [3.63, 3.8) is 0 Å². The minimum absolute atomic E-state index is 0.359. The van der Waals surface area contributed by atoms with Crippen LogP contribution in [0.4, 0.5) is 10.1 Å². The molecule has 0 aliphatic carbocycles. The van der Waals surface area contributed by atoms with Crippen LogP contribution in [-0.2, 0) is 9.53 Å². The number of rotatable bonds is 5. The number of carbonyl (C=O) groups excluding carboxylic acids is 2. The monoisotopic (exact) mass is 357 g/mol. The first-order valence-electron chi connectivity index (χ1n) is 7.79. The first-order chi connectivity index (χ1) is 12.1. The number of ether oxygens (including phenoxy) is 1. The van der Waals surface area contributed by atoms with Gasteiger partial charge in [0.15, 0.2) is 6.61 Å². The van der Waals surface area contributed by atoms with Gasteiger partial charge in [-0.3, -0.25) is 4.79 Å². The summed E-state index contributed by atoms with van der Waals surface area (Å²) in [6.45, 7) is 1.83. The fourth-order valence-corrected chi connectivity index (χ4v) is 3.47. The van der Waals surface area contributed by atoms with Crippen LogP contribution in [0.15, 0.2) is 53.9 Å². The number of thiophene rings is 1. The molecule has 0 fully saturated rings. The van der Waals surface area contributed by atoms with E-state index < -0.39 is 5.97 Å². The topological polar surface area (TPSA) is 46.6 Å². The maximum absolute atomic E-state index is 13.0. The van der Waals surface area contributed by atoms with Gasteiger partial charge in [0.2, 0.25) is 0 Å². The van der Waals surface area contributed by atoms with Crippen molar-refractivity contribution in [1.29, 1.82) is 0 Å². The number of benzene rings is 2. The highest BCUT2D eigenvalue weighted by Gasteiger charge is 2.18. The molecule has 1 aromatic heterocycles. The van der Waals surface area contributed by atoms with Crippen LogP contribution in [0, 0.1) is 5.82 Å². The summed E-state index contributed by atoms with van der Waals surface area (Å²) in [7, 11) is 0. The molecule has 0 spiro atoms. The molecule has 3 rings (SSSR count). The molecule has 0 saturated heterocycles. The summed E-state index contributed by atoms with van der Waals surface area (Å²) >= 11 is 1.45. The lowest BCUT2D eigenvalue weighted by Gasteiger charge is -2.20. The number of nitrogens with zero attached hydrogens (tertiary/aromatic N) is 1. The first kappa shape index (κ1) is 17.1. The van der Waals surface area contributed by atoms with Gasteiger partial charge in [-0.2, -0.15) is 0 Å². The Hall–Kier alpha value is -2.73. The normalized spacial score (nSPS) is 10.6. The molecule has 1 amide bonds. The van der Waals surface area contributed by atoms with Gasteiger partial charge in [-0.1, -0.05) is 18.2 Å². The van der Waals surface area contributed by atoms with Crippen molar-refractivity contribution in [3.8, 4) is 0 Å². The highest BCUT2D eigenvalue weighted by atomic mass is 32.1. The summed E-state index contributed by atoms with van der Waals surface area (Å²) in [5.41, 5.74) is 1.02. The van der Waals surface area contributed by atoms with Crippen LogP contribution >= 0.6 is 11.3 Å². The van der Waals surface area contributed by atoms with Gasteiger partial charge in [0.25, 0.3) is 5.91 Å². The van der Waals surface area contributed by atoms with Gasteiger partial charge < -0.3 is 9.64 Å². The molecule has 3 aromatic rings. The Bertz CT molecular complexity index is 904. The van der Waals surface area contributed by atoms with Crippen LogP contribution in [0.1, 0.15) is 17.3 Å². The molecule has 1 heterocycles. The maximum Gasteiger partial charge on any atom is 0.340 e. The number of hydrogen-bond acceptors (Lipinski definition) is 4. The average Bonchev–Trinajstić information content (AvgIpc) is 3.06. The summed E-state index contributed by atoms with van der Waals surface area (Å²) in [6, 6.07) is 13.1. The van der Waals surface area contributed by atoms with Crippen LogP contribution in [0.5, 0.6) is 0 Å². The van der Waals surface area contributed by atoms with Crippen LogP contribution < -0.4 is 4.90 Å². The van der Waals surface area contributed by atoms with Gasteiger partial charge in [-0.05, 0) is 37.3 Å². The Balaban J connectivity index is 1.68. The second kappa shape index (κ2) is 7.44. The lowest BCUT2D eigenvalue weighted by Crippen LogP contribution is -2.34. The molecule has 25 heavy (non-hydrogen) atoms. The standard InChI is InChI=1S/C19H16FNO3S/c1-2-21(14-9-7-13(20)8-10-14)18(22)11-24-19(23)16-12-25-17-6-4-3-5-15(16)17/h3-10,12H,2,11H2,1H3. The molecule has 0 aliphatic rings. The van der Waals surface area contributed by atoms with Gasteiger partial charge in [0, 0.05) is 27.7 Å². The van der Waals surface area contributed by atoms with Crippen molar-refractivity contribution in [2.45, 2.75) is 6.92 Å². The molecular weight excluding hydrogens is 341 g/mol. The SMILES string of the molecule is CCN(C(=O)COC(=O)c1csc2ccccc12)c1ccc(F)cc1. The molecule has 0 unspecified atom stereocenters. The van der Waals surface area contributed by atoms with E-state index in [0.29, 0.717) is 17.8 Å². The Morgan fingerprint density at radius 2 is 1.84 bits per heavy atom. The smallest absolute Gasteiger partial charge is 0.340 e. The molecule has 4 nitrogen and oxygen atoms in total. The molecule has 6 heteroatoms. The number of halogens is 1. The highest BCUT2D eigenvalue weighted by molar-refractivity contribution is 7.17. The second-order valence-electron chi connectivity index (χ2n) is 5.34. The van der Waals surface area contributed by atoms with E-state index in [0.717, 1.165) is 10.1 Å².